The smallest absolute Gasteiger partial charge is 0.229 e. The van der Waals surface area contributed by atoms with Gasteiger partial charge in [0.1, 0.15) is 17.3 Å². The molecule has 2 aliphatic heterocycles. The van der Waals surface area contributed by atoms with E-state index >= 15 is 0 Å². The number of nitrogens with zero attached hydrogens (tertiary/aromatic N) is 8. The number of anilines is 2. The van der Waals surface area contributed by atoms with E-state index in [-0.39, 0.29) is 17.2 Å². The first-order chi connectivity index (χ1) is 19.2. The molecule has 0 spiro atoms. The van der Waals surface area contributed by atoms with Gasteiger partial charge in [0.05, 0.1) is 31.0 Å². The number of halogens is 1. The van der Waals surface area contributed by atoms with Gasteiger partial charge in [-0.05, 0) is 52.3 Å². The van der Waals surface area contributed by atoms with Crippen LogP contribution in [-0.4, -0.2) is 84.2 Å². The summed E-state index contributed by atoms with van der Waals surface area (Å²) >= 11 is 0. The molecular formula is C29H36FN9O. The molecular weight excluding hydrogens is 509 g/mol. The number of pyridine rings is 2. The Labute approximate surface area is 233 Å². The molecule has 0 aromatic carbocycles. The summed E-state index contributed by atoms with van der Waals surface area (Å²) < 4.78 is 22.4. The van der Waals surface area contributed by atoms with Crippen molar-refractivity contribution in [1.29, 1.82) is 0 Å². The van der Waals surface area contributed by atoms with Gasteiger partial charge in [0, 0.05) is 55.7 Å². The number of ether oxygens (including phenoxy) is 1. The van der Waals surface area contributed by atoms with Crippen molar-refractivity contribution in [2.24, 2.45) is 0 Å². The highest BCUT2D eigenvalue weighted by atomic mass is 19.1. The van der Waals surface area contributed by atoms with Crippen molar-refractivity contribution in [3.63, 3.8) is 0 Å². The molecule has 2 saturated heterocycles. The van der Waals surface area contributed by atoms with Crippen molar-refractivity contribution in [2.75, 3.05) is 38.2 Å². The molecule has 210 valence electrons. The summed E-state index contributed by atoms with van der Waals surface area (Å²) in [7, 11) is 0. The molecule has 10 nitrogen and oxygen atoms in total. The van der Waals surface area contributed by atoms with Crippen LogP contribution in [0.25, 0.3) is 22.4 Å². The summed E-state index contributed by atoms with van der Waals surface area (Å²) in [5, 5.41) is 3.12. The Morgan fingerprint density at radius 2 is 1.88 bits per heavy atom. The highest BCUT2D eigenvalue weighted by molar-refractivity contribution is 5.78. The highest BCUT2D eigenvalue weighted by Gasteiger charge is 2.33. The predicted molar refractivity (Wildman–Crippen MR) is 152 cm³/mol. The Morgan fingerprint density at radius 1 is 1.05 bits per heavy atom. The third-order valence-electron chi connectivity index (χ3n) is 7.69. The molecule has 2 fully saturated rings. The van der Waals surface area contributed by atoms with Gasteiger partial charge in [0.15, 0.2) is 11.5 Å². The Morgan fingerprint density at radius 3 is 2.55 bits per heavy atom. The molecule has 6 heterocycles. The van der Waals surface area contributed by atoms with E-state index in [1.54, 1.807) is 6.20 Å². The van der Waals surface area contributed by atoms with E-state index in [1.807, 2.05) is 25.3 Å². The predicted octanol–water partition coefficient (Wildman–Crippen LogP) is 4.13. The van der Waals surface area contributed by atoms with Crippen molar-refractivity contribution in [3.05, 3.63) is 54.0 Å². The van der Waals surface area contributed by atoms with E-state index in [0.29, 0.717) is 29.1 Å². The SMILES string of the molecule is Cc1nc2ncc(-c3nc(Nc4ccc(CN5CCN(C6COC6)[C@H](C)C5)cn4)ncc3F)cc2n1C(C)(C)C. The lowest BCUT2D eigenvalue weighted by Crippen LogP contribution is -2.60. The molecule has 0 radical (unpaired) electrons. The fourth-order valence-corrected chi connectivity index (χ4v) is 5.79. The van der Waals surface area contributed by atoms with Gasteiger partial charge in [-0.3, -0.25) is 9.80 Å². The Hall–Kier alpha value is -3.54. The normalized spacial score (nSPS) is 19.2. The van der Waals surface area contributed by atoms with Crippen LogP contribution in [0.5, 0.6) is 0 Å². The molecule has 6 rings (SSSR count). The molecule has 0 bridgehead atoms. The van der Waals surface area contributed by atoms with E-state index in [9.17, 15) is 4.39 Å². The third-order valence-corrected chi connectivity index (χ3v) is 7.69. The number of hydrogen-bond donors (Lipinski definition) is 1. The summed E-state index contributed by atoms with van der Waals surface area (Å²) in [6, 6.07) is 6.94. The molecule has 0 saturated carbocycles. The third kappa shape index (κ3) is 5.28. The Bertz CT molecular complexity index is 1510. The largest absolute Gasteiger partial charge is 0.378 e. The summed E-state index contributed by atoms with van der Waals surface area (Å²) in [4.78, 5) is 27.3. The van der Waals surface area contributed by atoms with Crippen LogP contribution in [-0.2, 0) is 16.8 Å². The lowest BCUT2D eigenvalue weighted by atomic mass is 10.1. The first kappa shape index (κ1) is 26.7. The number of imidazole rings is 1. The van der Waals surface area contributed by atoms with Crippen LogP contribution in [0, 0.1) is 12.7 Å². The zero-order valence-electron chi connectivity index (χ0n) is 23.7. The average Bonchev–Trinajstić information content (AvgIpc) is 3.22. The van der Waals surface area contributed by atoms with Gasteiger partial charge in [-0.25, -0.2) is 29.3 Å². The van der Waals surface area contributed by atoms with Crippen LogP contribution in [0.3, 0.4) is 0 Å². The second-order valence-electron chi connectivity index (χ2n) is 11.8. The van der Waals surface area contributed by atoms with Crippen LogP contribution in [0.2, 0.25) is 0 Å². The second-order valence-corrected chi connectivity index (χ2v) is 11.8. The van der Waals surface area contributed by atoms with Gasteiger partial charge in [-0.15, -0.1) is 0 Å². The van der Waals surface area contributed by atoms with E-state index in [2.05, 4.69) is 78.4 Å². The Balaban J connectivity index is 1.15. The van der Waals surface area contributed by atoms with Crippen LogP contribution in [0.1, 0.15) is 39.1 Å². The fraction of sp³-hybridized carbons (Fsp3) is 0.483. The van der Waals surface area contributed by atoms with Crippen molar-refractivity contribution in [2.45, 2.75) is 58.8 Å². The van der Waals surface area contributed by atoms with Gasteiger partial charge < -0.3 is 14.6 Å². The monoisotopic (exact) mass is 545 g/mol. The van der Waals surface area contributed by atoms with Crippen LogP contribution < -0.4 is 5.32 Å². The molecule has 2 aliphatic rings. The summed E-state index contributed by atoms with van der Waals surface area (Å²) in [5.41, 5.74) is 3.13. The van der Waals surface area contributed by atoms with Crippen LogP contribution >= 0.6 is 0 Å². The first-order valence-corrected chi connectivity index (χ1v) is 13.8. The number of rotatable bonds is 6. The van der Waals surface area contributed by atoms with E-state index in [0.717, 1.165) is 56.3 Å². The first-order valence-electron chi connectivity index (χ1n) is 13.8. The van der Waals surface area contributed by atoms with Crippen molar-refractivity contribution < 1.29 is 9.13 Å². The minimum absolute atomic E-state index is 0.171. The summed E-state index contributed by atoms with van der Waals surface area (Å²) in [6.45, 7) is 16.2. The quantitative estimate of drug-likeness (QED) is 0.384. The average molecular weight is 546 g/mol. The van der Waals surface area contributed by atoms with Crippen molar-refractivity contribution >= 4 is 22.9 Å². The van der Waals surface area contributed by atoms with E-state index in [1.165, 1.54) is 6.20 Å². The number of fused-ring (bicyclic) bond motifs is 1. The number of aryl methyl sites for hydroxylation is 1. The van der Waals surface area contributed by atoms with Crippen molar-refractivity contribution in [3.8, 4) is 11.3 Å². The lowest BCUT2D eigenvalue weighted by Gasteiger charge is -2.46. The summed E-state index contributed by atoms with van der Waals surface area (Å²) in [5.74, 6) is 1.20. The maximum absolute atomic E-state index is 14.9. The number of aromatic nitrogens is 6. The maximum atomic E-state index is 14.9. The molecule has 4 aromatic heterocycles. The molecule has 40 heavy (non-hydrogen) atoms. The Kier molecular flexibility index (Phi) is 6.97. The van der Waals surface area contributed by atoms with Gasteiger partial charge in [0.2, 0.25) is 5.95 Å². The number of nitrogens with one attached hydrogen (secondary N) is 1. The lowest BCUT2D eigenvalue weighted by molar-refractivity contribution is -0.0940. The topological polar surface area (TPSA) is 97.1 Å². The number of hydrogen-bond acceptors (Lipinski definition) is 9. The molecule has 0 unspecified atom stereocenters. The van der Waals surface area contributed by atoms with E-state index in [4.69, 9.17) is 4.74 Å². The molecule has 1 N–H and O–H groups in total. The summed E-state index contributed by atoms with van der Waals surface area (Å²) in [6.07, 6.45) is 4.65. The molecule has 0 aliphatic carbocycles. The van der Waals surface area contributed by atoms with Crippen molar-refractivity contribution in [1.82, 2.24) is 39.3 Å². The maximum Gasteiger partial charge on any atom is 0.229 e. The molecule has 4 aromatic rings. The molecule has 0 amide bonds. The second kappa shape index (κ2) is 10.5. The minimum Gasteiger partial charge on any atom is -0.378 e. The van der Waals surface area contributed by atoms with Gasteiger partial charge in [-0.2, -0.15) is 0 Å². The van der Waals surface area contributed by atoms with Crippen LogP contribution in [0.15, 0.2) is 36.8 Å². The zero-order valence-corrected chi connectivity index (χ0v) is 23.7. The molecule has 11 heteroatoms. The zero-order chi connectivity index (χ0) is 28.0. The minimum atomic E-state index is -0.521. The standard InChI is InChI=1S/C29H36FN9O/c1-18-14-37(8-9-38(18)22-16-40-17-22)15-20-6-7-25(31-11-20)35-28-33-13-23(30)26(36-28)21-10-24-27(32-12-21)34-19(2)39(24)29(3,4)5/h6-7,10-13,18,22H,8-9,14-17H2,1-5H3,(H,31,33,35,36)/t18-/m1/s1. The number of piperazine rings is 1. The van der Waals surface area contributed by atoms with Gasteiger partial charge in [-0.1, -0.05) is 6.07 Å². The highest BCUT2D eigenvalue weighted by Crippen LogP contribution is 2.29. The van der Waals surface area contributed by atoms with Gasteiger partial charge >= 0.3 is 0 Å². The molecule has 1 atom stereocenters. The van der Waals surface area contributed by atoms with Gasteiger partial charge in [0.25, 0.3) is 0 Å². The van der Waals surface area contributed by atoms with E-state index < -0.39 is 5.82 Å². The van der Waals surface area contributed by atoms with Crippen LogP contribution in [0.4, 0.5) is 16.2 Å². The fourth-order valence-electron chi connectivity index (χ4n) is 5.79.